The van der Waals surface area contributed by atoms with Gasteiger partial charge in [-0.1, -0.05) is 6.92 Å². The van der Waals surface area contributed by atoms with Crippen molar-refractivity contribution in [3.05, 3.63) is 28.3 Å². The van der Waals surface area contributed by atoms with Crippen LogP contribution in [0.1, 0.15) is 13.3 Å². The zero-order chi connectivity index (χ0) is 12.8. The predicted octanol–water partition coefficient (Wildman–Crippen LogP) is 3.71. The molecular weight excluding hydrogens is 262 g/mol. The van der Waals surface area contributed by atoms with Crippen LogP contribution >= 0.6 is 23.4 Å². The summed E-state index contributed by atoms with van der Waals surface area (Å²) in [6.07, 6.45) is 0.858. The van der Waals surface area contributed by atoms with Crippen LogP contribution in [0.15, 0.2) is 23.1 Å². The van der Waals surface area contributed by atoms with Gasteiger partial charge < -0.3 is 4.74 Å². The number of alkyl halides is 1. The number of rotatable bonds is 6. The van der Waals surface area contributed by atoms with Crippen molar-refractivity contribution in [2.24, 2.45) is 0 Å². The third kappa shape index (κ3) is 4.44. The van der Waals surface area contributed by atoms with Gasteiger partial charge in [0.05, 0.1) is 18.1 Å². The van der Waals surface area contributed by atoms with Crippen molar-refractivity contribution in [1.29, 1.82) is 0 Å². The van der Waals surface area contributed by atoms with Gasteiger partial charge in [-0.2, -0.15) is 0 Å². The maximum Gasteiger partial charge on any atom is 0.274 e. The summed E-state index contributed by atoms with van der Waals surface area (Å²) in [5.41, 5.74) is 0.0462. The fourth-order valence-electron chi connectivity index (χ4n) is 1.29. The fraction of sp³-hybridized carbons (Fsp3) is 0.455. The van der Waals surface area contributed by atoms with Gasteiger partial charge in [-0.15, -0.1) is 23.4 Å². The molecule has 0 spiro atoms. The molecule has 1 unspecified atom stereocenters. The number of nitrogens with zero attached hydrogens (tertiary/aromatic N) is 1. The number of halogens is 1. The molecular formula is C11H14ClNO3S. The van der Waals surface area contributed by atoms with E-state index in [0.717, 1.165) is 11.3 Å². The van der Waals surface area contributed by atoms with Crippen LogP contribution in [0.3, 0.4) is 0 Å². The molecule has 0 saturated carbocycles. The van der Waals surface area contributed by atoms with Gasteiger partial charge in [-0.3, -0.25) is 10.1 Å². The van der Waals surface area contributed by atoms with Crippen molar-refractivity contribution in [3.8, 4) is 5.75 Å². The predicted molar refractivity (Wildman–Crippen MR) is 70.3 cm³/mol. The van der Waals surface area contributed by atoms with Crippen molar-refractivity contribution in [1.82, 2.24) is 0 Å². The normalized spacial score (nSPS) is 12.2. The first kappa shape index (κ1) is 14.1. The molecule has 0 amide bonds. The van der Waals surface area contributed by atoms with Crippen molar-refractivity contribution >= 4 is 29.1 Å². The van der Waals surface area contributed by atoms with Crippen molar-refractivity contribution in [3.63, 3.8) is 0 Å². The second-order valence-electron chi connectivity index (χ2n) is 3.53. The van der Waals surface area contributed by atoms with E-state index in [1.54, 1.807) is 23.9 Å². The Labute approximate surface area is 109 Å². The monoisotopic (exact) mass is 275 g/mol. The highest BCUT2D eigenvalue weighted by atomic mass is 35.5. The number of methoxy groups -OCH3 is 1. The molecule has 6 heteroatoms. The Bertz CT molecular complexity index is 400. The van der Waals surface area contributed by atoms with Gasteiger partial charge >= 0.3 is 0 Å². The topological polar surface area (TPSA) is 52.4 Å². The molecule has 0 N–H and O–H groups in total. The Kier molecular flexibility index (Phi) is 5.58. The molecule has 1 aromatic carbocycles. The van der Waals surface area contributed by atoms with Gasteiger partial charge in [-0.25, -0.2) is 0 Å². The van der Waals surface area contributed by atoms with Crippen LogP contribution in [-0.4, -0.2) is 23.2 Å². The number of hydrogen-bond donors (Lipinski definition) is 0. The Morgan fingerprint density at radius 2 is 2.24 bits per heavy atom. The van der Waals surface area contributed by atoms with E-state index in [1.165, 1.54) is 13.2 Å². The molecule has 0 aliphatic rings. The zero-order valence-corrected chi connectivity index (χ0v) is 11.3. The van der Waals surface area contributed by atoms with E-state index in [0.29, 0.717) is 16.9 Å². The molecule has 0 saturated heterocycles. The van der Waals surface area contributed by atoms with Crippen LogP contribution in [0.25, 0.3) is 0 Å². The Morgan fingerprint density at radius 1 is 1.53 bits per heavy atom. The van der Waals surface area contributed by atoms with Gasteiger partial charge in [0.25, 0.3) is 5.69 Å². The molecule has 0 aliphatic carbocycles. The molecule has 17 heavy (non-hydrogen) atoms. The number of nitro groups is 1. The van der Waals surface area contributed by atoms with E-state index < -0.39 is 4.92 Å². The number of thioether (sulfide) groups is 1. The molecule has 1 aromatic rings. The standard InChI is InChI=1S/C11H14ClNO3S/c1-8(3-4-12)17-11-6-9(13(14)15)5-10(7-11)16-2/h5-8H,3-4H2,1-2H3. The first-order valence-electron chi connectivity index (χ1n) is 5.13. The maximum absolute atomic E-state index is 10.8. The lowest BCUT2D eigenvalue weighted by Gasteiger charge is -2.10. The molecule has 1 atom stereocenters. The van der Waals surface area contributed by atoms with Gasteiger partial charge in [0.15, 0.2) is 0 Å². The number of non-ortho nitro benzene ring substituents is 1. The second-order valence-corrected chi connectivity index (χ2v) is 5.42. The SMILES string of the molecule is COc1cc(SC(C)CCCl)cc([N+](=O)[O-])c1. The minimum Gasteiger partial charge on any atom is -0.496 e. The molecule has 0 aromatic heterocycles. The summed E-state index contributed by atoms with van der Waals surface area (Å²) in [5, 5.41) is 11.1. The van der Waals surface area contributed by atoms with E-state index in [2.05, 4.69) is 0 Å². The first-order chi connectivity index (χ1) is 8.06. The van der Waals surface area contributed by atoms with Crippen LogP contribution < -0.4 is 4.74 Å². The first-order valence-corrected chi connectivity index (χ1v) is 6.54. The van der Waals surface area contributed by atoms with Crippen LogP contribution in [0, 0.1) is 10.1 Å². The number of ether oxygens (including phenoxy) is 1. The third-order valence-corrected chi connectivity index (χ3v) is 3.53. The lowest BCUT2D eigenvalue weighted by atomic mass is 10.3. The van der Waals surface area contributed by atoms with Crippen LogP contribution in [0.2, 0.25) is 0 Å². The number of nitro benzene ring substituents is 1. The molecule has 1 rings (SSSR count). The maximum atomic E-state index is 10.8. The third-order valence-electron chi connectivity index (χ3n) is 2.16. The average Bonchev–Trinajstić information content (AvgIpc) is 2.28. The summed E-state index contributed by atoms with van der Waals surface area (Å²) in [6.45, 7) is 2.04. The largest absolute Gasteiger partial charge is 0.496 e. The van der Waals surface area contributed by atoms with E-state index in [9.17, 15) is 10.1 Å². The smallest absolute Gasteiger partial charge is 0.274 e. The highest BCUT2D eigenvalue weighted by Gasteiger charge is 2.12. The average molecular weight is 276 g/mol. The molecule has 0 fully saturated rings. The zero-order valence-electron chi connectivity index (χ0n) is 9.68. The molecule has 0 aliphatic heterocycles. The van der Waals surface area contributed by atoms with Crippen LogP contribution in [-0.2, 0) is 0 Å². The van der Waals surface area contributed by atoms with Crippen molar-refractivity contribution in [2.45, 2.75) is 23.5 Å². The summed E-state index contributed by atoms with van der Waals surface area (Å²) in [6, 6.07) is 4.76. The lowest BCUT2D eigenvalue weighted by Crippen LogP contribution is -1.97. The highest BCUT2D eigenvalue weighted by Crippen LogP contribution is 2.32. The Hall–Kier alpha value is -0.940. The summed E-state index contributed by atoms with van der Waals surface area (Å²) in [5.74, 6) is 1.08. The summed E-state index contributed by atoms with van der Waals surface area (Å²) in [7, 11) is 1.50. The van der Waals surface area contributed by atoms with Crippen molar-refractivity contribution < 1.29 is 9.66 Å². The van der Waals surface area contributed by atoms with E-state index in [-0.39, 0.29) is 5.69 Å². The van der Waals surface area contributed by atoms with Gasteiger partial charge in [-0.05, 0) is 12.5 Å². The molecule has 94 valence electrons. The Balaban J connectivity index is 2.90. The summed E-state index contributed by atoms with van der Waals surface area (Å²) in [4.78, 5) is 11.2. The highest BCUT2D eigenvalue weighted by molar-refractivity contribution is 8.00. The number of benzene rings is 1. The van der Waals surface area contributed by atoms with E-state index >= 15 is 0 Å². The molecule has 0 bridgehead atoms. The second kappa shape index (κ2) is 6.71. The number of hydrogen-bond acceptors (Lipinski definition) is 4. The van der Waals surface area contributed by atoms with Gasteiger partial charge in [0.2, 0.25) is 0 Å². The fourth-order valence-corrected chi connectivity index (χ4v) is 2.82. The quantitative estimate of drug-likeness (QED) is 0.344. The Morgan fingerprint density at radius 3 is 2.76 bits per heavy atom. The summed E-state index contributed by atoms with van der Waals surface area (Å²) >= 11 is 7.22. The van der Waals surface area contributed by atoms with E-state index in [1.807, 2.05) is 6.92 Å². The minimum absolute atomic E-state index is 0.0462. The van der Waals surface area contributed by atoms with Gasteiger partial charge in [0.1, 0.15) is 5.75 Å². The minimum atomic E-state index is -0.418. The lowest BCUT2D eigenvalue weighted by molar-refractivity contribution is -0.385. The molecule has 0 heterocycles. The van der Waals surface area contributed by atoms with E-state index in [4.69, 9.17) is 16.3 Å². The molecule has 4 nitrogen and oxygen atoms in total. The van der Waals surface area contributed by atoms with Crippen molar-refractivity contribution in [2.75, 3.05) is 13.0 Å². The van der Waals surface area contributed by atoms with Gasteiger partial charge in [0, 0.05) is 22.1 Å². The molecule has 0 radical (unpaired) electrons. The van der Waals surface area contributed by atoms with Crippen LogP contribution in [0.5, 0.6) is 5.75 Å². The van der Waals surface area contributed by atoms with Crippen LogP contribution in [0.4, 0.5) is 5.69 Å². The summed E-state index contributed by atoms with van der Waals surface area (Å²) < 4.78 is 5.04.